The number of furan rings is 1. The van der Waals surface area contributed by atoms with Gasteiger partial charge in [0, 0.05) is 22.0 Å². The summed E-state index contributed by atoms with van der Waals surface area (Å²) in [5.74, 6) is 0.841. The molecule has 0 amide bonds. The Labute approximate surface area is 116 Å². The Kier molecular flexibility index (Phi) is 3.05. The molecule has 3 aromatic rings. The van der Waals surface area contributed by atoms with Gasteiger partial charge in [0.1, 0.15) is 11.3 Å². The maximum Gasteiger partial charge on any atom is 0.135 e. The summed E-state index contributed by atoms with van der Waals surface area (Å²) in [5, 5.41) is 1.73. The van der Waals surface area contributed by atoms with Gasteiger partial charge in [-0.25, -0.2) is 0 Å². The van der Waals surface area contributed by atoms with E-state index in [0.717, 1.165) is 27.9 Å². The smallest absolute Gasteiger partial charge is 0.135 e. The van der Waals surface area contributed by atoms with Crippen LogP contribution in [0.5, 0.6) is 0 Å². The fourth-order valence-electron chi connectivity index (χ4n) is 2.11. The van der Waals surface area contributed by atoms with E-state index in [1.807, 2.05) is 55.5 Å². The highest BCUT2D eigenvalue weighted by Gasteiger charge is 2.07. The molecule has 3 heteroatoms. The molecule has 0 saturated heterocycles. The second kappa shape index (κ2) is 4.72. The predicted octanol–water partition coefficient (Wildman–Crippen LogP) is 4.77. The molecule has 0 radical (unpaired) electrons. The summed E-state index contributed by atoms with van der Waals surface area (Å²) >= 11 is 5.97. The molecule has 1 unspecified atom stereocenters. The number of nitrogens with two attached hydrogens (primary N) is 1. The van der Waals surface area contributed by atoms with Crippen LogP contribution in [0.4, 0.5) is 0 Å². The summed E-state index contributed by atoms with van der Waals surface area (Å²) in [6.45, 7) is 1.97. The average molecular weight is 272 g/mol. The van der Waals surface area contributed by atoms with Crippen LogP contribution in [0.15, 0.2) is 52.9 Å². The molecule has 0 spiro atoms. The standard InChI is InChI=1S/C16H14ClNO/c1-10(18)11-2-4-12(5-3-11)16-9-13-8-14(17)6-7-15(13)19-16/h2-10H,18H2,1H3. The van der Waals surface area contributed by atoms with Crippen LogP contribution in [0, 0.1) is 0 Å². The molecule has 0 saturated carbocycles. The van der Waals surface area contributed by atoms with Crippen molar-refractivity contribution in [3.05, 3.63) is 59.1 Å². The van der Waals surface area contributed by atoms with Crippen molar-refractivity contribution in [1.82, 2.24) is 0 Å². The molecule has 0 bridgehead atoms. The Morgan fingerprint density at radius 2 is 1.79 bits per heavy atom. The van der Waals surface area contributed by atoms with E-state index < -0.39 is 0 Å². The SMILES string of the molecule is CC(N)c1ccc(-c2cc3cc(Cl)ccc3o2)cc1. The van der Waals surface area contributed by atoms with Gasteiger partial charge in [0.2, 0.25) is 0 Å². The molecule has 1 aromatic heterocycles. The van der Waals surface area contributed by atoms with Crippen LogP contribution in [0.3, 0.4) is 0 Å². The molecule has 0 aliphatic heterocycles. The van der Waals surface area contributed by atoms with Crippen LogP contribution in [-0.2, 0) is 0 Å². The van der Waals surface area contributed by atoms with Gasteiger partial charge in [-0.15, -0.1) is 0 Å². The Morgan fingerprint density at radius 3 is 2.47 bits per heavy atom. The van der Waals surface area contributed by atoms with E-state index in [1.54, 1.807) is 0 Å². The topological polar surface area (TPSA) is 39.2 Å². The lowest BCUT2D eigenvalue weighted by Crippen LogP contribution is -2.04. The van der Waals surface area contributed by atoms with Gasteiger partial charge in [-0.1, -0.05) is 35.9 Å². The van der Waals surface area contributed by atoms with Gasteiger partial charge < -0.3 is 10.2 Å². The first-order valence-electron chi connectivity index (χ1n) is 6.18. The molecule has 96 valence electrons. The van der Waals surface area contributed by atoms with E-state index in [1.165, 1.54) is 0 Å². The van der Waals surface area contributed by atoms with Gasteiger partial charge >= 0.3 is 0 Å². The normalized spacial score (nSPS) is 12.8. The van der Waals surface area contributed by atoms with Crippen molar-refractivity contribution in [2.75, 3.05) is 0 Å². The van der Waals surface area contributed by atoms with Crippen LogP contribution in [0.1, 0.15) is 18.5 Å². The number of halogens is 1. The van der Waals surface area contributed by atoms with E-state index in [2.05, 4.69) is 0 Å². The molecule has 1 heterocycles. The molecule has 0 aliphatic carbocycles. The van der Waals surface area contributed by atoms with Gasteiger partial charge in [-0.05, 0) is 36.8 Å². The first-order chi connectivity index (χ1) is 9.13. The summed E-state index contributed by atoms with van der Waals surface area (Å²) in [5.41, 5.74) is 8.84. The number of fused-ring (bicyclic) bond motifs is 1. The number of rotatable bonds is 2. The molecular weight excluding hydrogens is 258 g/mol. The van der Waals surface area contributed by atoms with E-state index in [9.17, 15) is 0 Å². The third-order valence-electron chi connectivity index (χ3n) is 3.20. The van der Waals surface area contributed by atoms with Crippen molar-refractivity contribution in [2.24, 2.45) is 5.73 Å². The van der Waals surface area contributed by atoms with Crippen LogP contribution in [-0.4, -0.2) is 0 Å². The van der Waals surface area contributed by atoms with Gasteiger partial charge in [-0.3, -0.25) is 0 Å². The maximum atomic E-state index is 5.97. The largest absolute Gasteiger partial charge is 0.456 e. The molecule has 2 aromatic carbocycles. The fourth-order valence-corrected chi connectivity index (χ4v) is 2.29. The minimum absolute atomic E-state index is 0.0449. The monoisotopic (exact) mass is 271 g/mol. The van der Waals surface area contributed by atoms with Gasteiger partial charge in [0.15, 0.2) is 0 Å². The maximum absolute atomic E-state index is 5.97. The van der Waals surface area contributed by atoms with Crippen molar-refractivity contribution in [3.8, 4) is 11.3 Å². The first-order valence-corrected chi connectivity index (χ1v) is 6.56. The van der Waals surface area contributed by atoms with Crippen molar-refractivity contribution < 1.29 is 4.42 Å². The van der Waals surface area contributed by atoms with Gasteiger partial charge in [0.05, 0.1) is 0 Å². The summed E-state index contributed by atoms with van der Waals surface area (Å²) < 4.78 is 5.82. The quantitative estimate of drug-likeness (QED) is 0.729. The highest BCUT2D eigenvalue weighted by molar-refractivity contribution is 6.31. The highest BCUT2D eigenvalue weighted by atomic mass is 35.5. The minimum Gasteiger partial charge on any atom is -0.456 e. The van der Waals surface area contributed by atoms with Crippen molar-refractivity contribution in [2.45, 2.75) is 13.0 Å². The summed E-state index contributed by atoms with van der Waals surface area (Å²) in [4.78, 5) is 0. The predicted molar refractivity (Wildman–Crippen MR) is 79.3 cm³/mol. The second-order valence-corrected chi connectivity index (χ2v) is 5.14. The number of hydrogen-bond acceptors (Lipinski definition) is 2. The molecule has 19 heavy (non-hydrogen) atoms. The zero-order valence-corrected chi connectivity index (χ0v) is 11.3. The molecule has 2 nitrogen and oxygen atoms in total. The molecular formula is C16H14ClNO. The average Bonchev–Trinajstić information content (AvgIpc) is 2.81. The van der Waals surface area contributed by atoms with Crippen LogP contribution < -0.4 is 5.73 Å². The summed E-state index contributed by atoms with van der Waals surface area (Å²) in [7, 11) is 0. The minimum atomic E-state index is 0.0449. The van der Waals surface area contributed by atoms with Crippen molar-refractivity contribution in [1.29, 1.82) is 0 Å². The second-order valence-electron chi connectivity index (χ2n) is 4.70. The Morgan fingerprint density at radius 1 is 1.05 bits per heavy atom. The fraction of sp³-hybridized carbons (Fsp3) is 0.125. The molecule has 3 rings (SSSR count). The first kappa shape index (κ1) is 12.3. The van der Waals surface area contributed by atoms with Crippen LogP contribution >= 0.6 is 11.6 Å². The third kappa shape index (κ3) is 2.37. The highest BCUT2D eigenvalue weighted by Crippen LogP contribution is 2.30. The third-order valence-corrected chi connectivity index (χ3v) is 3.43. The summed E-state index contributed by atoms with van der Waals surface area (Å²) in [6, 6.07) is 15.8. The molecule has 2 N–H and O–H groups in total. The van der Waals surface area contributed by atoms with E-state index in [0.29, 0.717) is 5.02 Å². The zero-order chi connectivity index (χ0) is 13.4. The zero-order valence-electron chi connectivity index (χ0n) is 10.6. The molecule has 0 aliphatic rings. The molecule has 0 fully saturated rings. The Balaban J connectivity index is 2.03. The summed E-state index contributed by atoms with van der Waals surface area (Å²) in [6.07, 6.45) is 0. The van der Waals surface area contributed by atoms with Crippen LogP contribution in [0.25, 0.3) is 22.3 Å². The lowest BCUT2D eigenvalue weighted by atomic mass is 10.1. The number of benzene rings is 2. The Bertz CT molecular complexity index is 713. The van der Waals surface area contributed by atoms with Gasteiger partial charge in [0.25, 0.3) is 0 Å². The molecule has 1 atom stereocenters. The van der Waals surface area contributed by atoms with Crippen molar-refractivity contribution >= 4 is 22.6 Å². The lowest BCUT2D eigenvalue weighted by Gasteiger charge is -2.05. The lowest BCUT2D eigenvalue weighted by molar-refractivity contribution is 0.631. The van der Waals surface area contributed by atoms with Gasteiger partial charge in [-0.2, -0.15) is 0 Å². The van der Waals surface area contributed by atoms with E-state index in [4.69, 9.17) is 21.8 Å². The van der Waals surface area contributed by atoms with E-state index >= 15 is 0 Å². The number of hydrogen-bond donors (Lipinski definition) is 1. The Hall–Kier alpha value is -1.77. The van der Waals surface area contributed by atoms with Crippen molar-refractivity contribution in [3.63, 3.8) is 0 Å². The van der Waals surface area contributed by atoms with E-state index in [-0.39, 0.29) is 6.04 Å². The van der Waals surface area contributed by atoms with Crippen LogP contribution in [0.2, 0.25) is 5.02 Å².